The Morgan fingerprint density at radius 2 is 1.97 bits per heavy atom. The third kappa shape index (κ3) is 4.75. The molecule has 8 heteroatoms. The lowest BCUT2D eigenvalue weighted by Crippen LogP contribution is -3.11. The molecule has 0 bridgehead atoms. The molecular formula is C22H33N4O4+. The fraction of sp³-hybridized carbons (Fsp3) is 0.591. The van der Waals surface area contributed by atoms with E-state index < -0.39 is 0 Å². The second-order valence-corrected chi connectivity index (χ2v) is 7.84. The Hall–Kier alpha value is -2.61. The van der Waals surface area contributed by atoms with Gasteiger partial charge in [-0.15, -0.1) is 0 Å². The minimum atomic E-state index is -0.222. The summed E-state index contributed by atoms with van der Waals surface area (Å²) in [7, 11) is 3.08. The number of fused-ring (bicyclic) bond motifs is 1. The molecule has 1 saturated heterocycles. The van der Waals surface area contributed by atoms with Crippen LogP contribution in [-0.2, 0) is 11.3 Å². The van der Waals surface area contributed by atoms with Gasteiger partial charge in [-0.2, -0.15) is 0 Å². The lowest BCUT2D eigenvalue weighted by Gasteiger charge is -2.35. The lowest BCUT2D eigenvalue weighted by atomic mass is 10.00. The van der Waals surface area contributed by atoms with Gasteiger partial charge in [-0.25, -0.2) is 4.98 Å². The fourth-order valence-electron chi connectivity index (χ4n) is 4.22. The Morgan fingerprint density at radius 1 is 1.23 bits per heavy atom. The Bertz CT molecular complexity index is 943. The van der Waals surface area contributed by atoms with Crippen molar-refractivity contribution in [1.82, 2.24) is 14.9 Å². The summed E-state index contributed by atoms with van der Waals surface area (Å²) in [6.07, 6.45) is 4.37. The molecule has 1 aromatic carbocycles. The summed E-state index contributed by atoms with van der Waals surface area (Å²) in [6, 6.07) is 3.70. The molecule has 2 N–H and O–H groups in total. The standard InChI is InChI=1S/C22H32N4O4/c1-5-15-9-7-8-10-26(15)21(27)14-25(6-2)13-20-23-17-12-19(30-4)18(29-3)11-16(17)22(28)24-20/h11-12,15H,5-10,13-14H2,1-4H3,(H,23,24,28)/p+1/t15-/m1/s1. The number of nitrogens with zero attached hydrogens (tertiary/aromatic N) is 2. The topological polar surface area (TPSA) is 89.0 Å². The lowest BCUT2D eigenvalue weighted by molar-refractivity contribution is -0.905. The molecule has 1 aliphatic heterocycles. The van der Waals surface area contributed by atoms with Crippen molar-refractivity contribution in [2.45, 2.75) is 52.1 Å². The summed E-state index contributed by atoms with van der Waals surface area (Å²) >= 11 is 0. The molecule has 1 amide bonds. The largest absolute Gasteiger partial charge is 0.493 e. The molecule has 164 valence electrons. The van der Waals surface area contributed by atoms with Gasteiger partial charge >= 0.3 is 0 Å². The summed E-state index contributed by atoms with van der Waals surface area (Å²) in [5.41, 5.74) is 0.329. The maximum absolute atomic E-state index is 12.9. The fourth-order valence-corrected chi connectivity index (χ4v) is 4.22. The van der Waals surface area contributed by atoms with Crippen LogP contribution < -0.4 is 19.9 Å². The summed E-state index contributed by atoms with van der Waals surface area (Å²) < 4.78 is 10.6. The number of methoxy groups -OCH3 is 2. The van der Waals surface area contributed by atoms with E-state index in [0.29, 0.717) is 47.4 Å². The number of nitrogens with one attached hydrogen (secondary N) is 2. The van der Waals surface area contributed by atoms with E-state index in [1.54, 1.807) is 19.2 Å². The van der Waals surface area contributed by atoms with E-state index >= 15 is 0 Å². The van der Waals surface area contributed by atoms with Crippen molar-refractivity contribution in [3.8, 4) is 11.5 Å². The van der Waals surface area contributed by atoms with Gasteiger partial charge in [-0.3, -0.25) is 9.59 Å². The van der Waals surface area contributed by atoms with Crippen molar-refractivity contribution >= 4 is 16.8 Å². The minimum Gasteiger partial charge on any atom is -0.493 e. The molecule has 30 heavy (non-hydrogen) atoms. The van der Waals surface area contributed by atoms with Crippen LogP contribution in [0.2, 0.25) is 0 Å². The molecule has 2 aromatic rings. The first kappa shape index (κ1) is 22.1. The summed E-state index contributed by atoms with van der Waals surface area (Å²) in [5, 5.41) is 0.449. The summed E-state index contributed by atoms with van der Waals surface area (Å²) in [4.78, 5) is 36.2. The van der Waals surface area contributed by atoms with Gasteiger partial charge in [0, 0.05) is 18.7 Å². The van der Waals surface area contributed by atoms with Crippen LogP contribution in [0.25, 0.3) is 10.9 Å². The summed E-state index contributed by atoms with van der Waals surface area (Å²) in [5.74, 6) is 1.77. The van der Waals surface area contributed by atoms with E-state index in [9.17, 15) is 9.59 Å². The second kappa shape index (κ2) is 9.93. The Kier molecular flexibility index (Phi) is 7.31. The Morgan fingerprint density at radius 3 is 2.63 bits per heavy atom. The smallest absolute Gasteiger partial charge is 0.278 e. The number of H-pyrrole nitrogens is 1. The number of piperidine rings is 1. The van der Waals surface area contributed by atoms with Gasteiger partial charge in [0.15, 0.2) is 23.9 Å². The van der Waals surface area contributed by atoms with E-state index in [1.165, 1.54) is 13.5 Å². The van der Waals surface area contributed by atoms with E-state index in [2.05, 4.69) is 16.9 Å². The van der Waals surface area contributed by atoms with Crippen LogP contribution in [0.3, 0.4) is 0 Å². The quantitative estimate of drug-likeness (QED) is 0.672. The Labute approximate surface area is 177 Å². The molecule has 8 nitrogen and oxygen atoms in total. The van der Waals surface area contributed by atoms with Crippen LogP contribution in [0, 0.1) is 0 Å². The van der Waals surface area contributed by atoms with E-state index in [-0.39, 0.29) is 11.5 Å². The van der Waals surface area contributed by atoms with Crippen LogP contribution in [-0.4, -0.2) is 60.7 Å². The highest BCUT2D eigenvalue weighted by molar-refractivity contribution is 5.81. The molecule has 1 unspecified atom stereocenters. The van der Waals surface area contributed by atoms with E-state index in [0.717, 1.165) is 37.3 Å². The number of quaternary nitrogens is 1. The average molecular weight is 418 g/mol. The van der Waals surface area contributed by atoms with Crippen molar-refractivity contribution in [2.24, 2.45) is 0 Å². The molecule has 0 spiro atoms. The number of carbonyl (C=O) groups is 1. The molecule has 1 aromatic heterocycles. The number of likely N-dealkylation sites (tertiary alicyclic amines) is 1. The number of ether oxygens (including phenoxy) is 2. The number of amides is 1. The third-order valence-electron chi connectivity index (χ3n) is 6.00. The highest BCUT2D eigenvalue weighted by atomic mass is 16.5. The molecule has 3 rings (SSSR count). The van der Waals surface area contributed by atoms with Crippen LogP contribution in [0.5, 0.6) is 11.5 Å². The maximum Gasteiger partial charge on any atom is 0.278 e. The van der Waals surface area contributed by atoms with Crippen molar-refractivity contribution < 1.29 is 19.2 Å². The average Bonchev–Trinajstić information content (AvgIpc) is 2.77. The SMILES string of the molecule is CC[C@@H]1CCCCN1C(=O)C[NH+](CC)Cc1nc2cc(OC)c(OC)cc2c(=O)[nH]1. The molecule has 0 aliphatic carbocycles. The highest BCUT2D eigenvalue weighted by Gasteiger charge is 2.28. The van der Waals surface area contributed by atoms with Gasteiger partial charge in [-0.1, -0.05) is 6.92 Å². The number of likely N-dealkylation sites (N-methyl/N-ethyl adjacent to an activating group) is 1. The van der Waals surface area contributed by atoms with Crippen LogP contribution >= 0.6 is 0 Å². The molecular weight excluding hydrogens is 384 g/mol. The summed E-state index contributed by atoms with van der Waals surface area (Å²) in [6.45, 7) is 6.69. The monoisotopic (exact) mass is 417 g/mol. The zero-order valence-electron chi connectivity index (χ0n) is 18.4. The van der Waals surface area contributed by atoms with Crippen molar-refractivity contribution in [3.05, 3.63) is 28.3 Å². The van der Waals surface area contributed by atoms with Crippen LogP contribution in [0.1, 0.15) is 45.4 Å². The van der Waals surface area contributed by atoms with Crippen molar-refractivity contribution in [2.75, 3.05) is 33.9 Å². The number of benzene rings is 1. The first-order valence-corrected chi connectivity index (χ1v) is 10.8. The first-order valence-electron chi connectivity index (χ1n) is 10.8. The first-order chi connectivity index (χ1) is 14.5. The second-order valence-electron chi connectivity index (χ2n) is 7.84. The highest BCUT2D eigenvalue weighted by Crippen LogP contribution is 2.29. The van der Waals surface area contributed by atoms with E-state index in [4.69, 9.17) is 9.47 Å². The van der Waals surface area contributed by atoms with Gasteiger partial charge in [0.2, 0.25) is 0 Å². The van der Waals surface area contributed by atoms with Crippen molar-refractivity contribution in [3.63, 3.8) is 0 Å². The van der Waals surface area contributed by atoms with Gasteiger partial charge in [0.25, 0.3) is 11.5 Å². The van der Waals surface area contributed by atoms with Gasteiger partial charge in [-0.05, 0) is 38.7 Å². The molecule has 1 aliphatic rings. The molecule has 2 heterocycles. The zero-order valence-corrected chi connectivity index (χ0v) is 18.4. The number of hydrogen-bond acceptors (Lipinski definition) is 5. The minimum absolute atomic E-state index is 0.188. The maximum atomic E-state index is 12.9. The number of carbonyl (C=O) groups excluding carboxylic acids is 1. The van der Waals surface area contributed by atoms with Crippen LogP contribution in [0.15, 0.2) is 16.9 Å². The Balaban J connectivity index is 1.79. The molecule has 1 fully saturated rings. The number of aromatic amines is 1. The van der Waals surface area contributed by atoms with Gasteiger partial charge in [0.05, 0.1) is 31.7 Å². The normalized spacial score (nSPS) is 17.7. The van der Waals surface area contributed by atoms with Gasteiger partial charge < -0.3 is 24.3 Å². The van der Waals surface area contributed by atoms with Crippen molar-refractivity contribution in [1.29, 1.82) is 0 Å². The van der Waals surface area contributed by atoms with Gasteiger partial charge in [0.1, 0.15) is 6.54 Å². The zero-order chi connectivity index (χ0) is 21.7. The number of hydrogen-bond donors (Lipinski definition) is 2. The molecule has 0 radical (unpaired) electrons. The number of aromatic nitrogens is 2. The molecule has 2 atom stereocenters. The van der Waals surface area contributed by atoms with E-state index in [1.807, 2.05) is 11.8 Å². The predicted octanol–water partition coefficient (Wildman–Crippen LogP) is 1.14. The van der Waals surface area contributed by atoms with Crippen LogP contribution in [0.4, 0.5) is 0 Å². The number of rotatable bonds is 8. The molecule has 0 saturated carbocycles. The predicted molar refractivity (Wildman–Crippen MR) is 115 cm³/mol. The third-order valence-corrected chi connectivity index (χ3v) is 6.00.